The van der Waals surface area contributed by atoms with E-state index in [0.29, 0.717) is 5.56 Å². The third kappa shape index (κ3) is 1.76. The summed E-state index contributed by atoms with van der Waals surface area (Å²) in [6, 6.07) is 8.06. The highest BCUT2D eigenvalue weighted by atomic mass is 16.1. The average Bonchev–Trinajstić information content (AvgIpc) is 2.61. The Morgan fingerprint density at radius 2 is 1.81 bits per heavy atom. The van der Waals surface area contributed by atoms with Crippen molar-refractivity contribution in [2.24, 2.45) is 0 Å². The van der Waals surface area contributed by atoms with E-state index in [0.717, 1.165) is 11.4 Å². The van der Waals surface area contributed by atoms with Crippen LogP contribution in [0.2, 0.25) is 0 Å². The van der Waals surface area contributed by atoms with Gasteiger partial charge in [-0.15, -0.1) is 0 Å². The Balaban J connectivity index is 2.49. The summed E-state index contributed by atoms with van der Waals surface area (Å²) in [5.41, 5.74) is 3.76. The SMILES string of the molecule is CC(=O)c1cnn(-c2ccc(C)cc2)c1C. The van der Waals surface area contributed by atoms with Crippen LogP contribution in [0.4, 0.5) is 0 Å². The molecule has 2 aromatic rings. The van der Waals surface area contributed by atoms with Crippen molar-refractivity contribution in [3.05, 3.63) is 47.3 Å². The number of Topliss-reactive ketones (excluding diaryl/α,β-unsaturated/α-hetero) is 1. The molecule has 0 N–H and O–H groups in total. The van der Waals surface area contributed by atoms with Crippen molar-refractivity contribution in [1.82, 2.24) is 9.78 Å². The maximum absolute atomic E-state index is 11.3. The largest absolute Gasteiger partial charge is 0.294 e. The highest BCUT2D eigenvalue weighted by Gasteiger charge is 2.10. The lowest BCUT2D eigenvalue weighted by atomic mass is 10.2. The van der Waals surface area contributed by atoms with Gasteiger partial charge in [-0.2, -0.15) is 5.10 Å². The maximum atomic E-state index is 11.3. The van der Waals surface area contributed by atoms with E-state index in [9.17, 15) is 4.79 Å². The molecule has 0 spiro atoms. The Labute approximate surface area is 94.7 Å². The molecule has 0 saturated carbocycles. The van der Waals surface area contributed by atoms with E-state index in [1.54, 1.807) is 17.8 Å². The molecule has 0 aliphatic rings. The van der Waals surface area contributed by atoms with Crippen LogP contribution in [0.1, 0.15) is 28.5 Å². The molecule has 0 aliphatic heterocycles. The van der Waals surface area contributed by atoms with Crippen LogP contribution >= 0.6 is 0 Å². The van der Waals surface area contributed by atoms with Crippen LogP contribution in [0.5, 0.6) is 0 Å². The molecule has 2 rings (SSSR count). The molecular formula is C13H14N2O. The van der Waals surface area contributed by atoms with Crippen LogP contribution in [0.15, 0.2) is 30.5 Å². The van der Waals surface area contributed by atoms with E-state index in [1.165, 1.54) is 5.56 Å². The summed E-state index contributed by atoms with van der Waals surface area (Å²) in [4.78, 5) is 11.3. The molecule has 1 heterocycles. The van der Waals surface area contributed by atoms with Crippen LogP contribution in [-0.4, -0.2) is 15.6 Å². The van der Waals surface area contributed by atoms with Gasteiger partial charge in [0.25, 0.3) is 0 Å². The Bertz CT molecular complexity index is 523. The van der Waals surface area contributed by atoms with E-state index >= 15 is 0 Å². The number of aryl methyl sites for hydroxylation is 1. The second kappa shape index (κ2) is 3.93. The van der Waals surface area contributed by atoms with Gasteiger partial charge in [0.2, 0.25) is 0 Å². The molecule has 0 saturated heterocycles. The summed E-state index contributed by atoms with van der Waals surface area (Å²) in [5.74, 6) is 0.0517. The molecule has 0 atom stereocenters. The third-order valence-electron chi connectivity index (χ3n) is 2.67. The van der Waals surface area contributed by atoms with Crippen LogP contribution in [-0.2, 0) is 0 Å². The van der Waals surface area contributed by atoms with Gasteiger partial charge in [-0.1, -0.05) is 17.7 Å². The smallest absolute Gasteiger partial charge is 0.163 e. The standard InChI is InChI=1S/C13H14N2O/c1-9-4-6-12(7-5-9)15-10(2)13(8-14-15)11(3)16/h4-8H,1-3H3. The Kier molecular flexibility index (Phi) is 2.60. The van der Waals surface area contributed by atoms with Crippen molar-refractivity contribution in [2.45, 2.75) is 20.8 Å². The zero-order valence-corrected chi connectivity index (χ0v) is 9.69. The van der Waals surface area contributed by atoms with E-state index in [2.05, 4.69) is 5.10 Å². The predicted octanol–water partition coefficient (Wildman–Crippen LogP) is 2.69. The molecule has 82 valence electrons. The zero-order chi connectivity index (χ0) is 11.7. The summed E-state index contributed by atoms with van der Waals surface area (Å²) in [5, 5.41) is 4.23. The topological polar surface area (TPSA) is 34.9 Å². The van der Waals surface area contributed by atoms with Gasteiger partial charge in [-0.3, -0.25) is 4.79 Å². The Morgan fingerprint density at radius 3 is 2.31 bits per heavy atom. The van der Waals surface area contributed by atoms with Crippen LogP contribution in [0.25, 0.3) is 5.69 Å². The van der Waals surface area contributed by atoms with Gasteiger partial charge < -0.3 is 0 Å². The monoisotopic (exact) mass is 214 g/mol. The number of hydrogen-bond donors (Lipinski definition) is 0. The summed E-state index contributed by atoms with van der Waals surface area (Å²) in [6.07, 6.45) is 1.62. The second-order valence-electron chi connectivity index (χ2n) is 3.95. The molecule has 0 amide bonds. The van der Waals surface area contributed by atoms with E-state index < -0.39 is 0 Å². The molecule has 0 radical (unpaired) electrons. The quantitative estimate of drug-likeness (QED) is 0.720. The highest BCUT2D eigenvalue weighted by molar-refractivity contribution is 5.95. The normalized spacial score (nSPS) is 10.4. The maximum Gasteiger partial charge on any atom is 0.163 e. The highest BCUT2D eigenvalue weighted by Crippen LogP contribution is 2.14. The number of nitrogens with zero attached hydrogens (tertiary/aromatic N) is 2. The number of carbonyl (C=O) groups is 1. The van der Waals surface area contributed by atoms with Gasteiger partial charge in [0.05, 0.1) is 23.1 Å². The first-order chi connectivity index (χ1) is 7.59. The summed E-state index contributed by atoms with van der Waals surface area (Å²) in [6.45, 7) is 5.51. The zero-order valence-electron chi connectivity index (χ0n) is 9.69. The van der Waals surface area contributed by atoms with Crippen molar-refractivity contribution < 1.29 is 4.79 Å². The van der Waals surface area contributed by atoms with Crippen molar-refractivity contribution in [2.75, 3.05) is 0 Å². The van der Waals surface area contributed by atoms with Gasteiger partial charge in [0.15, 0.2) is 5.78 Å². The fourth-order valence-corrected chi connectivity index (χ4v) is 1.70. The van der Waals surface area contributed by atoms with Crippen molar-refractivity contribution >= 4 is 5.78 Å². The third-order valence-corrected chi connectivity index (χ3v) is 2.67. The van der Waals surface area contributed by atoms with E-state index in [1.807, 2.05) is 38.1 Å². The number of ketones is 1. The fraction of sp³-hybridized carbons (Fsp3) is 0.231. The average molecular weight is 214 g/mol. The van der Waals surface area contributed by atoms with E-state index in [-0.39, 0.29) is 5.78 Å². The first-order valence-corrected chi connectivity index (χ1v) is 5.22. The summed E-state index contributed by atoms with van der Waals surface area (Å²) in [7, 11) is 0. The second-order valence-corrected chi connectivity index (χ2v) is 3.95. The Morgan fingerprint density at radius 1 is 1.19 bits per heavy atom. The first kappa shape index (κ1) is 10.6. The van der Waals surface area contributed by atoms with Crippen LogP contribution in [0, 0.1) is 13.8 Å². The first-order valence-electron chi connectivity index (χ1n) is 5.22. The number of rotatable bonds is 2. The number of hydrogen-bond acceptors (Lipinski definition) is 2. The lowest BCUT2D eigenvalue weighted by molar-refractivity contribution is 0.101. The number of benzene rings is 1. The number of carbonyl (C=O) groups excluding carboxylic acids is 1. The van der Waals surface area contributed by atoms with Gasteiger partial charge in [-0.25, -0.2) is 4.68 Å². The molecule has 16 heavy (non-hydrogen) atoms. The minimum absolute atomic E-state index is 0.0517. The minimum Gasteiger partial charge on any atom is -0.294 e. The fourth-order valence-electron chi connectivity index (χ4n) is 1.70. The predicted molar refractivity (Wildman–Crippen MR) is 63.0 cm³/mol. The lowest BCUT2D eigenvalue weighted by Crippen LogP contribution is -2.00. The molecule has 0 unspecified atom stereocenters. The van der Waals surface area contributed by atoms with Gasteiger partial charge in [0.1, 0.15) is 0 Å². The van der Waals surface area contributed by atoms with Crippen LogP contribution < -0.4 is 0 Å². The molecule has 3 nitrogen and oxygen atoms in total. The van der Waals surface area contributed by atoms with Crippen LogP contribution in [0.3, 0.4) is 0 Å². The van der Waals surface area contributed by atoms with Gasteiger partial charge in [0, 0.05) is 0 Å². The molecule has 3 heteroatoms. The van der Waals surface area contributed by atoms with Crippen molar-refractivity contribution in [3.8, 4) is 5.69 Å². The molecule has 0 fully saturated rings. The van der Waals surface area contributed by atoms with E-state index in [4.69, 9.17) is 0 Å². The minimum atomic E-state index is 0.0517. The summed E-state index contributed by atoms with van der Waals surface area (Å²) >= 11 is 0. The molecule has 1 aromatic carbocycles. The van der Waals surface area contributed by atoms with Crippen molar-refractivity contribution in [1.29, 1.82) is 0 Å². The molecule has 0 bridgehead atoms. The molecular weight excluding hydrogens is 200 g/mol. The van der Waals surface area contributed by atoms with Crippen molar-refractivity contribution in [3.63, 3.8) is 0 Å². The summed E-state index contributed by atoms with van der Waals surface area (Å²) < 4.78 is 1.79. The lowest BCUT2D eigenvalue weighted by Gasteiger charge is -2.04. The van der Waals surface area contributed by atoms with Gasteiger partial charge in [-0.05, 0) is 32.9 Å². The number of aromatic nitrogens is 2. The van der Waals surface area contributed by atoms with Gasteiger partial charge >= 0.3 is 0 Å². The molecule has 0 aliphatic carbocycles. The molecule has 1 aromatic heterocycles. The Hall–Kier alpha value is -1.90.